The van der Waals surface area contributed by atoms with E-state index in [-0.39, 0.29) is 5.92 Å². The molecule has 2 saturated heterocycles. The molecule has 1 atom stereocenters. The maximum absolute atomic E-state index is 11.4. The number of amides is 1. The van der Waals surface area contributed by atoms with Crippen LogP contribution in [0.4, 0.5) is 4.79 Å². The highest BCUT2D eigenvalue weighted by atomic mass is 16.4. The standard InChI is InChI=1S/C14H24N2O3/c1-11(17)12-4-8-15(9-5-12)13-3-2-7-16(10-6-13)14(18)19/h12-13H,2-10H2,1H3,(H,18,19)/t13-/m0/s1. The van der Waals surface area contributed by atoms with E-state index in [4.69, 9.17) is 5.11 Å². The number of rotatable bonds is 2. The van der Waals surface area contributed by atoms with Crippen molar-refractivity contribution in [2.24, 2.45) is 5.92 Å². The summed E-state index contributed by atoms with van der Waals surface area (Å²) in [4.78, 5) is 26.3. The van der Waals surface area contributed by atoms with Crippen LogP contribution in [-0.4, -0.2) is 59.0 Å². The number of ketones is 1. The molecule has 2 heterocycles. The highest BCUT2D eigenvalue weighted by molar-refractivity contribution is 5.78. The number of hydrogen-bond acceptors (Lipinski definition) is 3. The summed E-state index contributed by atoms with van der Waals surface area (Å²) in [7, 11) is 0. The number of Topliss-reactive ketones (excluding diaryl/α,β-unsaturated/α-hetero) is 1. The van der Waals surface area contributed by atoms with E-state index < -0.39 is 6.09 Å². The fraction of sp³-hybridized carbons (Fsp3) is 0.857. The molecule has 1 N–H and O–H groups in total. The maximum atomic E-state index is 11.4. The van der Waals surface area contributed by atoms with E-state index in [1.165, 1.54) is 4.90 Å². The third-order valence-corrected chi connectivity index (χ3v) is 4.59. The first kappa shape index (κ1) is 14.3. The van der Waals surface area contributed by atoms with E-state index in [2.05, 4.69) is 4.90 Å². The lowest BCUT2D eigenvalue weighted by Gasteiger charge is -2.36. The molecule has 108 valence electrons. The molecule has 5 nitrogen and oxygen atoms in total. The topological polar surface area (TPSA) is 60.9 Å². The van der Waals surface area contributed by atoms with Crippen LogP contribution in [0.3, 0.4) is 0 Å². The van der Waals surface area contributed by atoms with Crippen LogP contribution in [-0.2, 0) is 4.79 Å². The second kappa shape index (κ2) is 6.37. The quantitative estimate of drug-likeness (QED) is 0.830. The van der Waals surface area contributed by atoms with Gasteiger partial charge in [0.05, 0.1) is 0 Å². The summed E-state index contributed by atoms with van der Waals surface area (Å²) in [6, 6.07) is 0.497. The molecule has 0 aromatic rings. The van der Waals surface area contributed by atoms with Gasteiger partial charge in [-0.3, -0.25) is 4.79 Å². The largest absolute Gasteiger partial charge is 0.465 e. The summed E-state index contributed by atoms with van der Waals surface area (Å²) in [6.07, 6.45) is 4.09. The maximum Gasteiger partial charge on any atom is 0.407 e. The number of carbonyl (C=O) groups excluding carboxylic acids is 1. The average Bonchev–Trinajstić information content (AvgIpc) is 2.64. The number of hydrogen-bond donors (Lipinski definition) is 1. The molecule has 0 unspecified atom stereocenters. The van der Waals surface area contributed by atoms with Crippen LogP contribution in [0.2, 0.25) is 0 Å². The molecule has 1 amide bonds. The Kier molecular flexibility index (Phi) is 4.80. The van der Waals surface area contributed by atoms with Gasteiger partial charge in [0.2, 0.25) is 0 Å². The van der Waals surface area contributed by atoms with Crippen molar-refractivity contribution in [2.75, 3.05) is 26.2 Å². The van der Waals surface area contributed by atoms with Gasteiger partial charge in [-0.25, -0.2) is 4.79 Å². The first-order chi connectivity index (χ1) is 9.08. The second-order valence-corrected chi connectivity index (χ2v) is 5.78. The van der Waals surface area contributed by atoms with Crippen LogP contribution in [0.25, 0.3) is 0 Å². The van der Waals surface area contributed by atoms with Gasteiger partial charge in [-0.1, -0.05) is 0 Å². The molecule has 0 saturated carbocycles. The smallest absolute Gasteiger partial charge is 0.407 e. The monoisotopic (exact) mass is 268 g/mol. The van der Waals surface area contributed by atoms with Crippen molar-refractivity contribution in [1.29, 1.82) is 0 Å². The molecular weight excluding hydrogens is 244 g/mol. The number of piperidine rings is 1. The van der Waals surface area contributed by atoms with E-state index in [0.717, 1.165) is 45.2 Å². The van der Waals surface area contributed by atoms with E-state index in [0.29, 0.717) is 24.9 Å². The zero-order chi connectivity index (χ0) is 13.8. The van der Waals surface area contributed by atoms with Crippen molar-refractivity contribution in [3.05, 3.63) is 0 Å². The normalized spacial score (nSPS) is 27.0. The van der Waals surface area contributed by atoms with Gasteiger partial charge in [-0.15, -0.1) is 0 Å². The average molecular weight is 268 g/mol. The summed E-state index contributed by atoms with van der Waals surface area (Å²) in [5.41, 5.74) is 0. The van der Waals surface area contributed by atoms with Crippen molar-refractivity contribution in [1.82, 2.24) is 9.80 Å². The Morgan fingerprint density at radius 2 is 1.68 bits per heavy atom. The van der Waals surface area contributed by atoms with E-state index >= 15 is 0 Å². The van der Waals surface area contributed by atoms with Gasteiger partial charge in [0.15, 0.2) is 0 Å². The minimum absolute atomic E-state index is 0.248. The van der Waals surface area contributed by atoms with Gasteiger partial charge in [-0.2, -0.15) is 0 Å². The Bertz CT molecular complexity index is 338. The van der Waals surface area contributed by atoms with Crippen molar-refractivity contribution >= 4 is 11.9 Å². The third-order valence-electron chi connectivity index (χ3n) is 4.59. The molecule has 0 aliphatic carbocycles. The van der Waals surface area contributed by atoms with Gasteiger partial charge in [0.1, 0.15) is 5.78 Å². The molecule has 5 heteroatoms. The minimum Gasteiger partial charge on any atom is -0.465 e. The molecule has 19 heavy (non-hydrogen) atoms. The Morgan fingerprint density at radius 3 is 2.26 bits per heavy atom. The minimum atomic E-state index is -0.795. The van der Waals surface area contributed by atoms with Gasteiger partial charge >= 0.3 is 6.09 Å². The lowest BCUT2D eigenvalue weighted by atomic mass is 9.91. The Balaban J connectivity index is 1.83. The lowest BCUT2D eigenvalue weighted by Crippen LogP contribution is -2.43. The second-order valence-electron chi connectivity index (χ2n) is 5.78. The number of nitrogens with zero attached hydrogens (tertiary/aromatic N) is 2. The molecule has 2 aliphatic rings. The Morgan fingerprint density at radius 1 is 1.00 bits per heavy atom. The molecule has 0 aromatic heterocycles. The molecule has 2 rings (SSSR count). The number of carbonyl (C=O) groups is 2. The van der Waals surface area contributed by atoms with Crippen LogP contribution in [0.5, 0.6) is 0 Å². The van der Waals surface area contributed by atoms with Crippen LogP contribution in [0, 0.1) is 5.92 Å². The molecule has 0 radical (unpaired) electrons. The van der Waals surface area contributed by atoms with Gasteiger partial charge in [-0.05, 0) is 52.1 Å². The molecule has 0 spiro atoms. The Labute approximate surface area is 114 Å². The summed E-state index contributed by atoms with van der Waals surface area (Å²) < 4.78 is 0. The summed E-state index contributed by atoms with van der Waals surface area (Å²) in [5, 5.41) is 9.03. The van der Waals surface area contributed by atoms with Crippen molar-refractivity contribution in [2.45, 2.75) is 45.1 Å². The third kappa shape index (κ3) is 3.69. The first-order valence-corrected chi connectivity index (χ1v) is 7.30. The molecular formula is C14H24N2O3. The van der Waals surface area contributed by atoms with Crippen molar-refractivity contribution < 1.29 is 14.7 Å². The van der Waals surface area contributed by atoms with Crippen molar-refractivity contribution in [3.63, 3.8) is 0 Å². The first-order valence-electron chi connectivity index (χ1n) is 7.30. The fourth-order valence-electron chi connectivity index (χ4n) is 3.31. The number of likely N-dealkylation sites (tertiary alicyclic amines) is 2. The van der Waals surface area contributed by atoms with Gasteiger partial charge in [0, 0.05) is 25.0 Å². The molecule has 0 aromatic carbocycles. The van der Waals surface area contributed by atoms with Crippen LogP contribution in [0.1, 0.15) is 39.0 Å². The predicted octanol–water partition coefficient (Wildman–Crippen LogP) is 1.82. The van der Waals surface area contributed by atoms with Crippen molar-refractivity contribution in [3.8, 4) is 0 Å². The zero-order valence-corrected chi connectivity index (χ0v) is 11.7. The predicted molar refractivity (Wildman–Crippen MR) is 72.2 cm³/mol. The number of carboxylic acid groups (broad SMARTS) is 1. The van der Waals surface area contributed by atoms with Crippen LogP contribution >= 0.6 is 0 Å². The molecule has 2 fully saturated rings. The van der Waals surface area contributed by atoms with Gasteiger partial charge in [0.25, 0.3) is 0 Å². The van der Waals surface area contributed by atoms with Gasteiger partial charge < -0.3 is 14.9 Å². The highest BCUT2D eigenvalue weighted by Crippen LogP contribution is 2.24. The van der Waals surface area contributed by atoms with E-state index in [1.54, 1.807) is 6.92 Å². The summed E-state index contributed by atoms with van der Waals surface area (Å²) >= 11 is 0. The lowest BCUT2D eigenvalue weighted by molar-refractivity contribution is -0.122. The highest BCUT2D eigenvalue weighted by Gasteiger charge is 2.29. The summed E-state index contributed by atoms with van der Waals surface area (Å²) in [5.74, 6) is 0.565. The van der Waals surface area contributed by atoms with E-state index in [9.17, 15) is 9.59 Å². The molecule has 0 bridgehead atoms. The fourth-order valence-corrected chi connectivity index (χ4v) is 3.31. The SMILES string of the molecule is CC(=O)C1CCN([C@H]2CCCN(C(=O)O)CC2)CC1. The molecule has 2 aliphatic heterocycles. The van der Waals surface area contributed by atoms with E-state index in [1.807, 2.05) is 0 Å². The Hall–Kier alpha value is -1.10. The summed E-state index contributed by atoms with van der Waals surface area (Å²) in [6.45, 7) is 4.98. The zero-order valence-electron chi connectivity index (χ0n) is 11.7. The van der Waals surface area contributed by atoms with Crippen LogP contribution in [0.15, 0.2) is 0 Å². The van der Waals surface area contributed by atoms with Crippen LogP contribution < -0.4 is 0 Å².